The number of hydrogen-bond donors (Lipinski definition) is 1. The van der Waals surface area contributed by atoms with Gasteiger partial charge in [0.2, 0.25) is 4.80 Å². The first-order valence-corrected chi connectivity index (χ1v) is 9.32. The van der Waals surface area contributed by atoms with Gasteiger partial charge in [-0.25, -0.2) is 9.67 Å². The Morgan fingerprint density at radius 2 is 1.82 bits per heavy atom. The smallest absolute Gasteiger partial charge is 0.294 e. The van der Waals surface area contributed by atoms with Crippen LogP contribution in [0.5, 0.6) is 0 Å². The Morgan fingerprint density at radius 3 is 2.57 bits per heavy atom. The van der Waals surface area contributed by atoms with Gasteiger partial charge in [-0.05, 0) is 18.2 Å². The molecule has 2 aromatic carbocycles. The van der Waals surface area contributed by atoms with E-state index in [4.69, 9.17) is 0 Å². The van der Waals surface area contributed by atoms with Gasteiger partial charge in [0.05, 0.1) is 22.5 Å². The third-order valence-electron chi connectivity index (χ3n) is 3.98. The van der Waals surface area contributed by atoms with Crippen molar-refractivity contribution in [2.75, 3.05) is 0 Å². The van der Waals surface area contributed by atoms with E-state index in [0.717, 1.165) is 17.0 Å². The van der Waals surface area contributed by atoms with Crippen molar-refractivity contribution in [1.82, 2.24) is 9.66 Å². The van der Waals surface area contributed by atoms with Crippen molar-refractivity contribution in [3.8, 4) is 11.3 Å². The second-order valence-corrected chi connectivity index (χ2v) is 6.65. The molecular formula is C20H15N5O2S. The summed E-state index contributed by atoms with van der Waals surface area (Å²) < 4.78 is 1.69. The zero-order valence-corrected chi connectivity index (χ0v) is 15.4. The van der Waals surface area contributed by atoms with E-state index in [1.165, 1.54) is 17.4 Å². The number of nitro benzene ring substituents is 1. The lowest BCUT2D eigenvalue weighted by molar-refractivity contribution is -0.384. The van der Waals surface area contributed by atoms with Crippen LogP contribution in [-0.2, 0) is 0 Å². The van der Waals surface area contributed by atoms with Crippen molar-refractivity contribution < 1.29 is 4.92 Å². The van der Waals surface area contributed by atoms with E-state index in [2.05, 4.69) is 15.1 Å². The van der Waals surface area contributed by atoms with Crippen molar-refractivity contribution in [2.45, 2.75) is 0 Å². The minimum absolute atomic E-state index is 0.0444. The number of nitrogens with one attached hydrogen (secondary N) is 1. The predicted molar refractivity (Wildman–Crippen MR) is 110 cm³/mol. The number of rotatable bonds is 5. The van der Waals surface area contributed by atoms with Crippen LogP contribution in [0.1, 0.15) is 5.69 Å². The fourth-order valence-corrected chi connectivity index (χ4v) is 3.51. The number of nitro groups is 1. The third-order valence-corrected chi connectivity index (χ3v) is 4.80. The summed E-state index contributed by atoms with van der Waals surface area (Å²) in [5.74, 6) is 0. The van der Waals surface area contributed by atoms with E-state index in [9.17, 15) is 10.1 Å². The summed E-state index contributed by atoms with van der Waals surface area (Å²) in [4.78, 5) is 19.0. The van der Waals surface area contributed by atoms with Crippen LogP contribution in [0.15, 0.2) is 88.4 Å². The van der Waals surface area contributed by atoms with Gasteiger partial charge in [0.25, 0.3) is 5.69 Å². The molecule has 0 aliphatic heterocycles. The molecule has 0 aliphatic carbocycles. The number of thiazole rings is 1. The molecule has 8 heteroatoms. The van der Waals surface area contributed by atoms with E-state index in [1.807, 2.05) is 54.0 Å². The highest BCUT2D eigenvalue weighted by Crippen LogP contribution is 2.26. The molecule has 4 rings (SSSR count). The summed E-state index contributed by atoms with van der Waals surface area (Å²) >= 11 is 1.37. The average Bonchev–Trinajstić information content (AvgIpc) is 3.37. The minimum Gasteiger partial charge on any atom is -0.360 e. The summed E-state index contributed by atoms with van der Waals surface area (Å²) in [5.41, 5.74) is 2.92. The molecule has 7 nitrogen and oxygen atoms in total. The van der Waals surface area contributed by atoms with Crippen LogP contribution in [0, 0.1) is 10.1 Å². The van der Waals surface area contributed by atoms with Crippen LogP contribution in [0.3, 0.4) is 0 Å². The lowest BCUT2D eigenvalue weighted by atomic mass is 10.2. The van der Waals surface area contributed by atoms with Crippen LogP contribution >= 0.6 is 11.3 Å². The summed E-state index contributed by atoms with van der Waals surface area (Å²) in [5, 5.41) is 17.8. The zero-order valence-electron chi connectivity index (χ0n) is 14.6. The highest BCUT2D eigenvalue weighted by Gasteiger charge is 2.13. The third kappa shape index (κ3) is 3.67. The van der Waals surface area contributed by atoms with Crippen LogP contribution in [-0.4, -0.2) is 20.8 Å². The zero-order chi connectivity index (χ0) is 19.3. The first-order valence-electron chi connectivity index (χ1n) is 8.44. The van der Waals surface area contributed by atoms with Crippen molar-refractivity contribution in [3.05, 3.63) is 98.9 Å². The number of nitrogens with zero attached hydrogens (tertiary/aromatic N) is 4. The Kier molecular flexibility index (Phi) is 4.94. The molecule has 138 valence electrons. The number of aromatic amines is 1. The molecule has 2 heterocycles. The molecule has 1 N–H and O–H groups in total. The highest BCUT2D eigenvalue weighted by atomic mass is 32.1. The van der Waals surface area contributed by atoms with Gasteiger partial charge < -0.3 is 4.98 Å². The number of para-hydroxylation sites is 2. The van der Waals surface area contributed by atoms with E-state index in [-0.39, 0.29) is 11.4 Å². The molecule has 28 heavy (non-hydrogen) atoms. The fourth-order valence-electron chi connectivity index (χ4n) is 2.66. The maximum atomic E-state index is 11.3. The van der Waals surface area contributed by atoms with E-state index < -0.39 is 4.92 Å². The predicted octanol–water partition coefficient (Wildman–Crippen LogP) is 4.57. The lowest BCUT2D eigenvalue weighted by Crippen LogP contribution is -2.11. The Hall–Kier alpha value is -3.78. The van der Waals surface area contributed by atoms with Crippen molar-refractivity contribution in [1.29, 1.82) is 0 Å². The fraction of sp³-hybridized carbons (Fsp3) is 0. The molecule has 0 saturated carbocycles. The van der Waals surface area contributed by atoms with Crippen molar-refractivity contribution >= 4 is 28.9 Å². The minimum atomic E-state index is -0.433. The standard InChI is InChI=1S/C20H15N5O2S/c26-25(27)18-11-5-4-10-17(18)23-20-24(22-13-16-9-6-12-21-16)19(14-28-20)15-7-2-1-3-8-15/h1-14,21H. The molecule has 0 amide bonds. The van der Waals surface area contributed by atoms with Gasteiger partial charge in [-0.15, -0.1) is 11.3 Å². The Balaban J connectivity index is 1.88. The SMILES string of the molecule is O=[N+]([O-])c1ccccc1N=c1scc(-c2ccccc2)n1N=Cc1ccc[nH]1. The van der Waals surface area contributed by atoms with Gasteiger partial charge >= 0.3 is 0 Å². The monoisotopic (exact) mass is 389 g/mol. The molecule has 4 aromatic rings. The normalized spacial score (nSPS) is 11.9. The van der Waals surface area contributed by atoms with Crippen molar-refractivity contribution in [2.24, 2.45) is 10.1 Å². The van der Waals surface area contributed by atoms with Gasteiger partial charge in [-0.2, -0.15) is 5.10 Å². The Morgan fingerprint density at radius 1 is 1.04 bits per heavy atom. The maximum absolute atomic E-state index is 11.3. The first kappa shape index (κ1) is 17.6. The van der Waals surface area contributed by atoms with Gasteiger partial charge in [0.1, 0.15) is 5.69 Å². The van der Waals surface area contributed by atoms with Gasteiger partial charge in [-0.3, -0.25) is 10.1 Å². The maximum Gasteiger partial charge on any atom is 0.294 e. The second-order valence-electron chi connectivity index (χ2n) is 5.81. The van der Waals surface area contributed by atoms with Crippen LogP contribution < -0.4 is 4.80 Å². The van der Waals surface area contributed by atoms with Gasteiger partial charge in [0, 0.05) is 23.2 Å². The van der Waals surface area contributed by atoms with Crippen LogP contribution in [0.25, 0.3) is 11.3 Å². The molecule has 0 unspecified atom stereocenters. The quantitative estimate of drug-likeness (QED) is 0.308. The molecule has 0 spiro atoms. The Bertz CT molecular complexity index is 1190. The molecule has 0 fully saturated rings. The Labute approximate surface area is 164 Å². The average molecular weight is 389 g/mol. The first-order chi connectivity index (χ1) is 13.7. The molecule has 0 bridgehead atoms. The summed E-state index contributed by atoms with van der Waals surface area (Å²) in [6, 6.07) is 20.0. The van der Waals surface area contributed by atoms with Crippen LogP contribution in [0.4, 0.5) is 11.4 Å². The molecular weight excluding hydrogens is 374 g/mol. The summed E-state index contributed by atoms with van der Waals surface area (Å²) in [6.07, 6.45) is 3.51. The second kappa shape index (κ2) is 7.85. The molecule has 0 radical (unpaired) electrons. The van der Waals surface area contributed by atoms with Crippen molar-refractivity contribution in [3.63, 3.8) is 0 Å². The summed E-state index contributed by atoms with van der Waals surface area (Å²) in [6.45, 7) is 0. The van der Waals surface area contributed by atoms with E-state index in [1.54, 1.807) is 29.1 Å². The molecule has 0 saturated heterocycles. The molecule has 0 aliphatic rings. The highest BCUT2D eigenvalue weighted by molar-refractivity contribution is 7.07. The van der Waals surface area contributed by atoms with E-state index in [0.29, 0.717) is 4.80 Å². The van der Waals surface area contributed by atoms with Crippen LogP contribution in [0.2, 0.25) is 0 Å². The van der Waals surface area contributed by atoms with Gasteiger partial charge in [-0.1, -0.05) is 42.5 Å². The lowest BCUT2D eigenvalue weighted by Gasteiger charge is -2.03. The number of hydrogen-bond acceptors (Lipinski definition) is 5. The number of benzene rings is 2. The largest absolute Gasteiger partial charge is 0.360 e. The molecule has 2 aromatic heterocycles. The van der Waals surface area contributed by atoms with E-state index >= 15 is 0 Å². The van der Waals surface area contributed by atoms with Gasteiger partial charge in [0.15, 0.2) is 0 Å². The summed E-state index contributed by atoms with van der Waals surface area (Å²) in [7, 11) is 0. The molecule has 0 atom stereocenters. The number of H-pyrrole nitrogens is 1. The topological polar surface area (TPSA) is 88.6 Å². The number of aromatic nitrogens is 2.